The van der Waals surface area contributed by atoms with Crippen molar-refractivity contribution in [1.82, 2.24) is 10.2 Å². The molecule has 5 heteroatoms. The van der Waals surface area contributed by atoms with Gasteiger partial charge in [0, 0.05) is 35.8 Å². The number of unbranched alkanes of at least 4 members (excludes halogenated alkanes) is 1. The minimum atomic E-state index is -0.0419. The summed E-state index contributed by atoms with van der Waals surface area (Å²) in [7, 11) is 1.79. The summed E-state index contributed by atoms with van der Waals surface area (Å²) in [5.74, 6) is 5.88. The number of aliphatic hydroxyl groups is 1. The van der Waals surface area contributed by atoms with E-state index < -0.39 is 0 Å². The SMILES string of the molecule is CCCCNC(=O)N(C)Cc1cc(C#CCCO)cs1. The molecule has 0 aliphatic rings. The number of hydrogen-bond acceptors (Lipinski definition) is 3. The number of nitrogens with zero attached hydrogens (tertiary/aromatic N) is 1. The molecular weight excluding hydrogens is 272 g/mol. The Morgan fingerprint density at radius 2 is 2.35 bits per heavy atom. The second-order valence-electron chi connectivity index (χ2n) is 4.52. The normalized spacial score (nSPS) is 9.75. The van der Waals surface area contributed by atoms with Crippen molar-refractivity contribution in [2.24, 2.45) is 0 Å². The number of rotatable bonds is 6. The predicted octanol–water partition coefficient (Wildman–Crippen LogP) is 2.42. The van der Waals surface area contributed by atoms with Gasteiger partial charge in [0.05, 0.1) is 13.2 Å². The first-order chi connectivity index (χ1) is 9.67. The molecule has 20 heavy (non-hydrogen) atoms. The Hall–Kier alpha value is -1.51. The average Bonchev–Trinajstić information content (AvgIpc) is 2.86. The molecule has 0 aliphatic carbocycles. The molecule has 110 valence electrons. The van der Waals surface area contributed by atoms with E-state index >= 15 is 0 Å². The van der Waals surface area contributed by atoms with Crippen molar-refractivity contribution in [3.05, 3.63) is 21.9 Å². The number of amides is 2. The molecule has 1 aromatic heterocycles. The fourth-order valence-corrected chi connectivity index (χ4v) is 2.43. The molecule has 2 amide bonds. The fraction of sp³-hybridized carbons (Fsp3) is 0.533. The molecule has 0 aliphatic heterocycles. The molecule has 0 bridgehead atoms. The summed E-state index contributed by atoms with van der Waals surface area (Å²) in [6.45, 7) is 3.50. The smallest absolute Gasteiger partial charge is 0.317 e. The van der Waals surface area contributed by atoms with Crippen molar-refractivity contribution >= 4 is 17.4 Å². The molecule has 2 N–H and O–H groups in total. The minimum absolute atomic E-state index is 0.0419. The van der Waals surface area contributed by atoms with Gasteiger partial charge in [0.1, 0.15) is 0 Å². The first kappa shape index (κ1) is 16.5. The van der Waals surface area contributed by atoms with Crippen molar-refractivity contribution in [3.8, 4) is 11.8 Å². The largest absolute Gasteiger partial charge is 0.395 e. The lowest BCUT2D eigenvalue weighted by Gasteiger charge is -2.16. The Morgan fingerprint density at radius 3 is 3.05 bits per heavy atom. The van der Waals surface area contributed by atoms with E-state index in [9.17, 15) is 4.79 Å². The molecule has 0 saturated heterocycles. The van der Waals surface area contributed by atoms with Gasteiger partial charge >= 0.3 is 6.03 Å². The van der Waals surface area contributed by atoms with Crippen LogP contribution in [0.2, 0.25) is 0 Å². The second kappa shape index (κ2) is 9.40. The monoisotopic (exact) mass is 294 g/mol. The average molecular weight is 294 g/mol. The molecule has 0 saturated carbocycles. The first-order valence-corrected chi connectivity index (χ1v) is 7.71. The topological polar surface area (TPSA) is 52.6 Å². The molecular formula is C15H22N2O2S. The second-order valence-corrected chi connectivity index (χ2v) is 5.51. The van der Waals surface area contributed by atoms with E-state index in [-0.39, 0.29) is 12.6 Å². The van der Waals surface area contributed by atoms with Crippen LogP contribution in [0.25, 0.3) is 0 Å². The van der Waals surface area contributed by atoms with Gasteiger partial charge in [-0.2, -0.15) is 0 Å². The van der Waals surface area contributed by atoms with Gasteiger partial charge in [0.15, 0.2) is 0 Å². The maximum absolute atomic E-state index is 11.8. The quantitative estimate of drug-likeness (QED) is 0.625. The maximum Gasteiger partial charge on any atom is 0.317 e. The predicted molar refractivity (Wildman–Crippen MR) is 82.7 cm³/mol. The van der Waals surface area contributed by atoms with Crippen molar-refractivity contribution < 1.29 is 9.90 Å². The van der Waals surface area contributed by atoms with Gasteiger partial charge in [-0.05, 0) is 12.5 Å². The maximum atomic E-state index is 11.8. The number of urea groups is 1. The number of nitrogens with one attached hydrogen (secondary N) is 1. The van der Waals surface area contributed by atoms with Crippen molar-refractivity contribution in [3.63, 3.8) is 0 Å². The molecule has 0 spiro atoms. The summed E-state index contributed by atoms with van der Waals surface area (Å²) in [6.07, 6.45) is 2.57. The van der Waals surface area contributed by atoms with Crippen LogP contribution < -0.4 is 5.32 Å². The van der Waals surface area contributed by atoms with Crippen molar-refractivity contribution in [1.29, 1.82) is 0 Å². The lowest BCUT2D eigenvalue weighted by Crippen LogP contribution is -2.37. The van der Waals surface area contributed by atoms with Gasteiger partial charge in [-0.1, -0.05) is 25.2 Å². The fourth-order valence-electron chi connectivity index (χ4n) is 1.56. The third kappa shape index (κ3) is 6.09. The van der Waals surface area contributed by atoms with Crippen LogP contribution in [0, 0.1) is 11.8 Å². The summed E-state index contributed by atoms with van der Waals surface area (Å²) in [5, 5.41) is 13.5. The Kier molecular flexibility index (Phi) is 7.78. The third-order valence-electron chi connectivity index (χ3n) is 2.67. The number of carbonyl (C=O) groups is 1. The van der Waals surface area contributed by atoms with E-state index in [1.54, 1.807) is 23.3 Å². The molecule has 0 fully saturated rings. The highest BCUT2D eigenvalue weighted by atomic mass is 32.1. The van der Waals surface area contributed by atoms with E-state index in [4.69, 9.17) is 5.11 Å². The Labute approximate surface area is 124 Å². The zero-order chi connectivity index (χ0) is 14.8. The molecule has 0 aromatic carbocycles. The van der Waals surface area contributed by atoms with Crippen LogP contribution in [-0.2, 0) is 6.54 Å². The number of carbonyl (C=O) groups excluding carboxylic acids is 1. The standard InChI is InChI=1S/C15H22N2O2S/c1-3-4-8-16-15(19)17(2)11-14-10-13(12-20-14)7-5-6-9-18/h10,12,18H,3-4,6,8-9,11H2,1-2H3,(H,16,19). The summed E-state index contributed by atoms with van der Waals surface area (Å²) < 4.78 is 0. The summed E-state index contributed by atoms with van der Waals surface area (Å²) in [4.78, 5) is 14.6. The Balaban J connectivity index is 2.44. The zero-order valence-electron chi connectivity index (χ0n) is 12.1. The molecule has 0 radical (unpaired) electrons. The summed E-state index contributed by atoms with van der Waals surface area (Å²) in [6, 6.07) is 1.95. The zero-order valence-corrected chi connectivity index (χ0v) is 12.9. The minimum Gasteiger partial charge on any atom is -0.395 e. The molecule has 1 aromatic rings. The van der Waals surface area contributed by atoms with Gasteiger partial charge in [0.25, 0.3) is 0 Å². The summed E-state index contributed by atoms with van der Waals surface area (Å²) >= 11 is 1.60. The van der Waals surface area contributed by atoms with Crippen LogP contribution in [0.4, 0.5) is 4.79 Å². The lowest BCUT2D eigenvalue weighted by molar-refractivity contribution is 0.207. The highest BCUT2D eigenvalue weighted by Crippen LogP contribution is 2.15. The molecule has 4 nitrogen and oxygen atoms in total. The van der Waals surface area contributed by atoms with Gasteiger partial charge in [-0.15, -0.1) is 11.3 Å². The summed E-state index contributed by atoms with van der Waals surface area (Å²) in [5.41, 5.74) is 0.943. The van der Waals surface area contributed by atoms with Crippen molar-refractivity contribution in [2.75, 3.05) is 20.2 Å². The third-order valence-corrected chi connectivity index (χ3v) is 3.59. The van der Waals surface area contributed by atoms with Gasteiger partial charge < -0.3 is 15.3 Å². The van der Waals surface area contributed by atoms with E-state index in [2.05, 4.69) is 24.1 Å². The van der Waals surface area contributed by atoms with Crippen LogP contribution in [0.1, 0.15) is 36.6 Å². The Morgan fingerprint density at radius 1 is 1.55 bits per heavy atom. The number of thiophene rings is 1. The first-order valence-electron chi connectivity index (χ1n) is 6.83. The van der Waals surface area contributed by atoms with Crippen LogP contribution in [-0.4, -0.2) is 36.2 Å². The van der Waals surface area contributed by atoms with Gasteiger partial charge in [0.2, 0.25) is 0 Å². The van der Waals surface area contributed by atoms with Gasteiger partial charge in [-0.3, -0.25) is 0 Å². The van der Waals surface area contributed by atoms with Crippen LogP contribution in [0.5, 0.6) is 0 Å². The lowest BCUT2D eigenvalue weighted by atomic mass is 10.3. The molecule has 0 atom stereocenters. The van der Waals surface area contributed by atoms with Crippen LogP contribution in [0.3, 0.4) is 0 Å². The molecule has 1 rings (SSSR count). The number of aliphatic hydroxyl groups excluding tert-OH is 1. The van der Waals surface area contributed by atoms with E-state index in [0.29, 0.717) is 13.0 Å². The molecule has 0 unspecified atom stereocenters. The van der Waals surface area contributed by atoms with E-state index in [0.717, 1.165) is 29.8 Å². The van der Waals surface area contributed by atoms with Gasteiger partial charge in [-0.25, -0.2) is 4.79 Å². The number of hydrogen-bond donors (Lipinski definition) is 2. The van der Waals surface area contributed by atoms with Crippen molar-refractivity contribution in [2.45, 2.75) is 32.7 Å². The van der Waals surface area contributed by atoms with Crippen LogP contribution >= 0.6 is 11.3 Å². The Bertz CT molecular complexity index is 474. The highest BCUT2D eigenvalue weighted by molar-refractivity contribution is 7.10. The van der Waals surface area contributed by atoms with Crippen LogP contribution in [0.15, 0.2) is 11.4 Å². The highest BCUT2D eigenvalue weighted by Gasteiger charge is 2.09. The molecule has 1 heterocycles. The van der Waals surface area contributed by atoms with E-state index in [1.165, 1.54) is 0 Å². The van der Waals surface area contributed by atoms with E-state index in [1.807, 2.05) is 11.4 Å².